The van der Waals surface area contributed by atoms with Crippen LogP contribution in [0.2, 0.25) is 0 Å². The number of nitrogens with zero attached hydrogens (tertiary/aromatic N) is 2. The molecule has 5 nitrogen and oxygen atoms in total. The molecule has 20 heavy (non-hydrogen) atoms. The molecule has 3 N–H and O–H groups in total. The number of anilines is 2. The maximum atomic E-state index is 9.04. The first-order valence-corrected chi connectivity index (χ1v) is 7.74. The van der Waals surface area contributed by atoms with E-state index in [1.807, 2.05) is 6.07 Å². The van der Waals surface area contributed by atoms with Gasteiger partial charge in [-0.05, 0) is 32.1 Å². The van der Waals surface area contributed by atoms with Crippen LogP contribution < -0.4 is 10.6 Å². The number of rotatable bonds is 9. The number of aromatic nitrogens is 2. The monoisotopic (exact) mass is 278 g/mol. The predicted molar refractivity (Wildman–Crippen MR) is 82.1 cm³/mol. The van der Waals surface area contributed by atoms with E-state index in [9.17, 15) is 0 Å². The van der Waals surface area contributed by atoms with Crippen molar-refractivity contribution < 1.29 is 5.11 Å². The van der Waals surface area contributed by atoms with E-state index < -0.39 is 0 Å². The van der Waals surface area contributed by atoms with Crippen LogP contribution in [0.25, 0.3) is 0 Å². The molecule has 5 heteroatoms. The minimum Gasteiger partial charge on any atom is -0.396 e. The summed E-state index contributed by atoms with van der Waals surface area (Å²) >= 11 is 0. The summed E-state index contributed by atoms with van der Waals surface area (Å²) < 4.78 is 0. The molecule has 112 valence electrons. The van der Waals surface area contributed by atoms with Crippen LogP contribution in [0, 0.1) is 5.92 Å². The van der Waals surface area contributed by atoms with Gasteiger partial charge in [-0.2, -0.15) is 0 Å². The molecule has 1 saturated carbocycles. The van der Waals surface area contributed by atoms with E-state index in [0.717, 1.165) is 43.4 Å². The number of hydrogen-bond acceptors (Lipinski definition) is 5. The smallest absolute Gasteiger partial charge is 0.136 e. The maximum absolute atomic E-state index is 9.04. The zero-order valence-corrected chi connectivity index (χ0v) is 12.5. The van der Waals surface area contributed by atoms with E-state index in [1.165, 1.54) is 12.8 Å². The van der Waals surface area contributed by atoms with Gasteiger partial charge in [-0.25, -0.2) is 9.97 Å². The molecule has 0 aliphatic heterocycles. The number of aliphatic hydroxyl groups excluding tert-OH is 1. The van der Waals surface area contributed by atoms with Crippen molar-refractivity contribution in [2.75, 3.05) is 30.3 Å². The molecular formula is C15H26N4O. The molecule has 1 heterocycles. The quantitative estimate of drug-likeness (QED) is 0.648. The molecule has 1 aliphatic rings. The topological polar surface area (TPSA) is 70.1 Å². The van der Waals surface area contributed by atoms with Crippen LogP contribution in [0.15, 0.2) is 6.07 Å². The molecule has 0 aromatic carbocycles. The Bertz CT molecular complexity index is 420. The highest BCUT2D eigenvalue weighted by Gasteiger charge is 2.27. The Labute approximate surface area is 121 Å². The summed E-state index contributed by atoms with van der Waals surface area (Å²) in [6.45, 7) is 6.19. The summed E-state index contributed by atoms with van der Waals surface area (Å²) in [7, 11) is 0. The molecule has 0 amide bonds. The van der Waals surface area contributed by atoms with Crippen LogP contribution in [-0.2, 0) is 0 Å². The lowest BCUT2D eigenvalue weighted by molar-refractivity contribution is 0.258. The first-order valence-electron chi connectivity index (χ1n) is 7.74. The van der Waals surface area contributed by atoms with Crippen LogP contribution in [0.1, 0.15) is 51.3 Å². The van der Waals surface area contributed by atoms with E-state index >= 15 is 0 Å². The molecular weight excluding hydrogens is 252 g/mol. The van der Waals surface area contributed by atoms with Crippen molar-refractivity contribution in [2.24, 2.45) is 5.92 Å². The number of aliphatic hydroxyl groups is 1. The average Bonchev–Trinajstić information content (AvgIpc) is 3.28. The minimum absolute atomic E-state index is 0.250. The number of nitrogens with one attached hydrogen (secondary N) is 2. The van der Waals surface area contributed by atoms with Gasteiger partial charge in [0.2, 0.25) is 0 Å². The van der Waals surface area contributed by atoms with Crippen molar-refractivity contribution in [3.63, 3.8) is 0 Å². The molecule has 1 unspecified atom stereocenters. The summed E-state index contributed by atoms with van der Waals surface area (Å²) in [6, 6.07) is 1.97. The second kappa shape index (κ2) is 7.43. The van der Waals surface area contributed by atoms with Crippen molar-refractivity contribution >= 4 is 11.6 Å². The zero-order chi connectivity index (χ0) is 14.4. The summed E-state index contributed by atoms with van der Waals surface area (Å²) in [6.07, 6.45) is 4.31. The van der Waals surface area contributed by atoms with Gasteiger partial charge < -0.3 is 15.7 Å². The van der Waals surface area contributed by atoms with Crippen LogP contribution in [0.3, 0.4) is 0 Å². The van der Waals surface area contributed by atoms with E-state index in [-0.39, 0.29) is 6.61 Å². The number of hydrogen-bond donors (Lipinski definition) is 3. The van der Waals surface area contributed by atoms with Crippen LogP contribution in [-0.4, -0.2) is 34.8 Å². The molecule has 0 radical (unpaired) electrons. The fraction of sp³-hybridized carbons (Fsp3) is 0.733. The van der Waals surface area contributed by atoms with Gasteiger partial charge in [0.1, 0.15) is 17.5 Å². The molecule has 1 aromatic heterocycles. The molecule has 1 fully saturated rings. The Balaban J connectivity index is 2.01. The Hall–Kier alpha value is -1.36. The van der Waals surface area contributed by atoms with Crippen LogP contribution in [0.4, 0.5) is 11.6 Å². The predicted octanol–water partition coefficient (Wildman–Crippen LogP) is 2.61. The van der Waals surface area contributed by atoms with Gasteiger partial charge in [0, 0.05) is 31.7 Å². The third-order valence-corrected chi connectivity index (χ3v) is 3.73. The lowest BCUT2D eigenvalue weighted by Crippen LogP contribution is -2.16. The standard InChI is InChI=1S/C15H26N4O/c1-3-11(7-8-20)10-17-14-9-13(16-4-2)18-15(19-14)12-5-6-12/h9,11-12,20H,3-8,10H2,1-2H3,(H2,16,17,18,19). The van der Waals surface area contributed by atoms with Gasteiger partial charge in [0.05, 0.1) is 0 Å². The Morgan fingerprint density at radius 3 is 2.50 bits per heavy atom. The summed E-state index contributed by atoms with van der Waals surface area (Å²) in [5.41, 5.74) is 0. The van der Waals surface area contributed by atoms with E-state index in [2.05, 4.69) is 34.4 Å². The minimum atomic E-state index is 0.250. The molecule has 0 spiro atoms. The van der Waals surface area contributed by atoms with Gasteiger partial charge in [0.15, 0.2) is 0 Å². The molecule has 2 rings (SSSR count). The average molecular weight is 278 g/mol. The van der Waals surface area contributed by atoms with E-state index in [0.29, 0.717) is 11.8 Å². The van der Waals surface area contributed by atoms with Gasteiger partial charge in [0.25, 0.3) is 0 Å². The van der Waals surface area contributed by atoms with Crippen molar-refractivity contribution in [2.45, 2.75) is 45.4 Å². The van der Waals surface area contributed by atoms with Crippen LogP contribution in [0.5, 0.6) is 0 Å². The first-order chi connectivity index (χ1) is 9.76. The summed E-state index contributed by atoms with van der Waals surface area (Å²) in [4.78, 5) is 9.19. The van der Waals surface area contributed by atoms with E-state index in [1.54, 1.807) is 0 Å². The molecule has 1 aliphatic carbocycles. The third-order valence-electron chi connectivity index (χ3n) is 3.73. The lowest BCUT2D eigenvalue weighted by atomic mass is 10.0. The van der Waals surface area contributed by atoms with E-state index in [4.69, 9.17) is 5.11 Å². The maximum Gasteiger partial charge on any atom is 0.136 e. The van der Waals surface area contributed by atoms with Crippen LogP contribution >= 0.6 is 0 Å². The second-order valence-electron chi connectivity index (χ2n) is 5.47. The van der Waals surface area contributed by atoms with Crippen molar-refractivity contribution in [1.29, 1.82) is 0 Å². The molecule has 1 atom stereocenters. The zero-order valence-electron chi connectivity index (χ0n) is 12.5. The third kappa shape index (κ3) is 4.34. The van der Waals surface area contributed by atoms with Gasteiger partial charge >= 0.3 is 0 Å². The first kappa shape index (κ1) is 15.0. The van der Waals surface area contributed by atoms with Crippen molar-refractivity contribution in [3.05, 3.63) is 11.9 Å². The summed E-state index contributed by atoms with van der Waals surface area (Å²) in [5, 5.41) is 15.7. The molecule has 0 saturated heterocycles. The Morgan fingerprint density at radius 1 is 1.25 bits per heavy atom. The highest BCUT2D eigenvalue weighted by atomic mass is 16.3. The second-order valence-corrected chi connectivity index (χ2v) is 5.47. The van der Waals surface area contributed by atoms with Crippen molar-refractivity contribution in [3.8, 4) is 0 Å². The molecule has 1 aromatic rings. The lowest BCUT2D eigenvalue weighted by Gasteiger charge is -2.16. The fourth-order valence-corrected chi connectivity index (χ4v) is 2.23. The van der Waals surface area contributed by atoms with Gasteiger partial charge in [-0.15, -0.1) is 0 Å². The van der Waals surface area contributed by atoms with Gasteiger partial charge in [-0.3, -0.25) is 0 Å². The Kier molecular flexibility index (Phi) is 5.59. The SMILES string of the molecule is CCNc1cc(NCC(CC)CCO)nc(C2CC2)n1. The van der Waals surface area contributed by atoms with Crippen molar-refractivity contribution in [1.82, 2.24) is 9.97 Å². The highest BCUT2D eigenvalue weighted by molar-refractivity contribution is 5.48. The summed E-state index contributed by atoms with van der Waals surface area (Å²) in [5.74, 6) is 3.80. The fourth-order valence-electron chi connectivity index (χ4n) is 2.23. The largest absolute Gasteiger partial charge is 0.396 e. The van der Waals surface area contributed by atoms with Gasteiger partial charge in [-0.1, -0.05) is 13.3 Å². The normalized spacial score (nSPS) is 15.9. The highest BCUT2D eigenvalue weighted by Crippen LogP contribution is 2.38. The Morgan fingerprint density at radius 2 is 1.95 bits per heavy atom. The molecule has 0 bridgehead atoms.